The maximum Gasteiger partial charge on any atom is 0.282 e. The average Bonchev–Trinajstić information content (AvgIpc) is 3.67. The molecule has 39 heavy (non-hydrogen) atoms. The van der Waals surface area contributed by atoms with Crippen molar-refractivity contribution in [2.45, 2.75) is 63.3 Å². The summed E-state index contributed by atoms with van der Waals surface area (Å²) in [6.07, 6.45) is 2.31. The molecule has 0 spiro atoms. The Balaban J connectivity index is 1.25. The molecule has 6 rings (SSSR count). The number of hydrogen-bond donors (Lipinski definition) is 2. The van der Waals surface area contributed by atoms with Gasteiger partial charge in [0.15, 0.2) is 0 Å². The summed E-state index contributed by atoms with van der Waals surface area (Å²) in [6.45, 7) is -0.110. The van der Waals surface area contributed by atoms with E-state index in [-0.39, 0.29) is 42.8 Å². The number of ketones is 1. The van der Waals surface area contributed by atoms with Gasteiger partial charge in [-0.15, -0.1) is 21.5 Å². The number of nitrogens with zero attached hydrogens (tertiary/aromatic N) is 5. The Morgan fingerprint density at radius 3 is 2.69 bits per heavy atom. The van der Waals surface area contributed by atoms with Crippen molar-refractivity contribution in [2.75, 3.05) is 11.9 Å². The van der Waals surface area contributed by atoms with E-state index in [1.165, 1.54) is 22.1 Å². The maximum atomic E-state index is 13.4. The zero-order valence-corrected chi connectivity index (χ0v) is 21.9. The molecule has 1 amide bonds. The first-order valence-electron chi connectivity index (χ1n) is 12.9. The van der Waals surface area contributed by atoms with E-state index in [4.69, 9.17) is 0 Å². The number of carbonyl (C=O) groups is 2. The third-order valence-corrected chi connectivity index (χ3v) is 8.99. The molecule has 3 aliphatic rings. The van der Waals surface area contributed by atoms with Gasteiger partial charge in [0.2, 0.25) is 5.95 Å². The first kappa shape index (κ1) is 26.0. The topological polar surface area (TPSA) is 107 Å². The summed E-state index contributed by atoms with van der Waals surface area (Å²) in [5.74, 6) is -3.20. The number of carbonyl (C=O) groups excluding carboxylic acids is 2. The highest BCUT2D eigenvalue weighted by Gasteiger charge is 2.56. The van der Waals surface area contributed by atoms with Crippen molar-refractivity contribution in [3.8, 4) is 0 Å². The second kappa shape index (κ2) is 9.72. The van der Waals surface area contributed by atoms with Gasteiger partial charge < -0.3 is 10.6 Å². The molecule has 14 heteroatoms. The lowest BCUT2D eigenvalue weighted by Gasteiger charge is -2.25. The van der Waals surface area contributed by atoms with Gasteiger partial charge in [-0.05, 0) is 37.7 Å². The van der Waals surface area contributed by atoms with Crippen LogP contribution < -0.4 is 10.6 Å². The molecule has 3 aromatic heterocycles. The number of hydrogen-bond acceptors (Lipinski definition) is 7. The predicted octanol–water partition coefficient (Wildman–Crippen LogP) is 4.39. The van der Waals surface area contributed by atoms with Gasteiger partial charge in [-0.25, -0.2) is 17.6 Å². The van der Waals surface area contributed by atoms with Crippen molar-refractivity contribution in [3.05, 3.63) is 39.0 Å². The highest BCUT2D eigenvalue weighted by atomic mass is 32.1. The number of thiophene rings is 1. The number of amides is 1. The molecule has 0 radical (unpaired) electrons. The SMILES string of the molecule is Cn1nc(C(F)F)cc1Nc1nncn1[C@H]1CCc2sc(CC(=O)C3CC3)c(C(=O)NC[C@H]3CC3(F)F)c2C1. The quantitative estimate of drug-likeness (QED) is 0.353. The minimum atomic E-state index is -2.74. The van der Waals surface area contributed by atoms with Crippen molar-refractivity contribution in [1.82, 2.24) is 29.9 Å². The van der Waals surface area contributed by atoms with Gasteiger partial charge in [-0.2, -0.15) is 5.10 Å². The molecule has 2 fully saturated rings. The molecular weight excluding hydrogens is 538 g/mol. The number of fused-ring (bicyclic) bond motifs is 1. The van der Waals surface area contributed by atoms with Crippen molar-refractivity contribution in [1.29, 1.82) is 0 Å². The molecule has 0 bridgehead atoms. The summed E-state index contributed by atoms with van der Waals surface area (Å²) in [5, 5.41) is 17.6. The predicted molar refractivity (Wildman–Crippen MR) is 134 cm³/mol. The van der Waals surface area contributed by atoms with Crippen LogP contribution in [0.25, 0.3) is 0 Å². The molecule has 0 aliphatic heterocycles. The Kier molecular flexibility index (Phi) is 6.47. The lowest BCUT2D eigenvalue weighted by molar-refractivity contribution is -0.119. The van der Waals surface area contributed by atoms with Gasteiger partial charge in [0, 0.05) is 60.1 Å². The number of halogens is 4. The number of Topliss-reactive ketones (excluding diaryl/α,β-unsaturated/α-hetero) is 1. The fourth-order valence-corrected chi connectivity index (χ4v) is 6.54. The Bertz CT molecular complexity index is 1430. The van der Waals surface area contributed by atoms with Crippen LogP contribution >= 0.6 is 11.3 Å². The lowest BCUT2D eigenvalue weighted by Crippen LogP contribution is -2.29. The van der Waals surface area contributed by atoms with E-state index in [1.54, 1.807) is 17.9 Å². The van der Waals surface area contributed by atoms with Gasteiger partial charge >= 0.3 is 0 Å². The molecule has 2 atom stereocenters. The summed E-state index contributed by atoms with van der Waals surface area (Å²) in [4.78, 5) is 27.7. The van der Waals surface area contributed by atoms with E-state index in [1.807, 2.05) is 0 Å². The number of aromatic nitrogens is 5. The normalized spacial score (nSPS) is 21.6. The van der Waals surface area contributed by atoms with Crippen LogP contribution in [0.3, 0.4) is 0 Å². The van der Waals surface area contributed by atoms with Gasteiger partial charge in [-0.3, -0.25) is 18.8 Å². The zero-order valence-electron chi connectivity index (χ0n) is 21.1. The van der Waals surface area contributed by atoms with Crippen molar-refractivity contribution in [2.24, 2.45) is 18.9 Å². The molecule has 0 unspecified atom stereocenters. The smallest absolute Gasteiger partial charge is 0.282 e. The van der Waals surface area contributed by atoms with Crippen molar-refractivity contribution >= 4 is 34.8 Å². The molecule has 2 N–H and O–H groups in total. The number of rotatable bonds is 10. The zero-order chi connectivity index (χ0) is 27.5. The minimum absolute atomic E-state index is 0.0428. The molecule has 0 saturated heterocycles. The second-order valence-corrected chi connectivity index (χ2v) is 11.7. The van der Waals surface area contributed by atoms with E-state index in [2.05, 4.69) is 25.9 Å². The molecule has 0 aromatic carbocycles. The van der Waals surface area contributed by atoms with Crippen LogP contribution in [0.15, 0.2) is 12.4 Å². The number of aryl methyl sites for hydroxylation is 2. The van der Waals surface area contributed by atoms with Crippen LogP contribution in [0.2, 0.25) is 0 Å². The second-order valence-electron chi connectivity index (χ2n) is 10.6. The van der Waals surface area contributed by atoms with Gasteiger partial charge in [-0.1, -0.05) is 0 Å². The fourth-order valence-electron chi connectivity index (χ4n) is 5.18. The van der Waals surface area contributed by atoms with Gasteiger partial charge in [0.25, 0.3) is 18.3 Å². The van der Waals surface area contributed by atoms with Crippen LogP contribution in [-0.2, 0) is 31.1 Å². The van der Waals surface area contributed by atoms with Crippen LogP contribution in [0, 0.1) is 11.8 Å². The van der Waals surface area contributed by atoms with E-state index in [0.717, 1.165) is 23.3 Å². The Labute approximate surface area is 225 Å². The average molecular weight is 566 g/mol. The molecule has 9 nitrogen and oxygen atoms in total. The highest BCUT2D eigenvalue weighted by molar-refractivity contribution is 7.12. The summed E-state index contributed by atoms with van der Waals surface area (Å²) in [6, 6.07) is 1.09. The van der Waals surface area contributed by atoms with E-state index in [9.17, 15) is 27.2 Å². The molecular formula is C25H27F4N7O2S. The molecule has 3 aromatic rings. The van der Waals surface area contributed by atoms with Crippen LogP contribution in [0.4, 0.5) is 29.3 Å². The third-order valence-electron chi connectivity index (χ3n) is 7.70. The number of anilines is 2. The maximum absolute atomic E-state index is 13.4. The molecule has 2 saturated carbocycles. The molecule has 208 valence electrons. The number of alkyl halides is 4. The van der Waals surface area contributed by atoms with E-state index < -0.39 is 24.2 Å². The largest absolute Gasteiger partial charge is 0.351 e. The monoisotopic (exact) mass is 565 g/mol. The van der Waals surface area contributed by atoms with Crippen molar-refractivity contribution in [3.63, 3.8) is 0 Å². The lowest BCUT2D eigenvalue weighted by atomic mass is 9.90. The van der Waals surface area contributed by atoms with Crippen LogP contribution in [-0.4, -0.2) is 48.7 Å². The summed E-state index contributed by atoms with van der Waals surface area (Å²) >= 11 is 1.46. The first-order valence-corrected chi connectivity index (χ1v) is 13.7. The van der Waals surface area contributed by atoms with Crippen LogP contribution in [0.5, 0.6) is 0 Å². The number of nitrogens with one attached hydrogen (secondary N) is 2. The fraction of sp³-hybridized carbons (Fsp3) is 0.560. The third kappa shape index (κ3) is 5.18. The highest BCUT2D eigenvalue weighted by Crippen LogP contribution is 2.48. The summed E-state index contributed by atoms with van der Waals surface area (Å²) < 4.78 is 56.1. The first-order chi connectivity index (χ1) is 18.6. The Morgan fingerprint density at radius 1 is 1.26 bits per heavy atom. The molecule has 3 heterocycles. The van der Waals surface area contributed by atoms with Gasteiger partial charge in [0.05, 0.1) is 5.56 Å². The minimum Gasteiger partial charge on any atom is -0.351 e. The van der Waals surface area contributed by atoms with Crippen LogP contribution in [0.1, 0.15) is 69.5 Å². The van der Waals surface area contributed by atoms with E-state index >= 15 is 0 Å². The summed E-state index contributed by atoms with van der Waals surface area (Å²) in [7, 11) is 1.54. The molecule has 3 aliphatic carbocycles. The Hall–Kier alpha value is -3.29. The van der Waals surface area contributed by atoms with Gasteiger partial charge in [0.1, 0.15) is 23.6 Å². The summed E-state index contributed by atoms with van der Waals surface area (Å²) in [5.41, 5.74) is 0.878. The van der Waals surface area contributed by atoms with E-state index in [0.29, 0.717) is 41.5 Å². The van der Waals surface area contributed by atoms with Crippen molar-refractivity contribution < 1.29 is 27.2 Å². The standard InChI is InChI=1S/C25H27F4N7O2S/c1-35-20(7-16(34-35)22(26)27)32-24-33-31-11-36(24)14-4-5-18-15(6-14)21(19(39-18)8-17(37)12-2-3-12)23(38)30-10-13-9-25(13,28)29/h7,11-14,22H,2-6,8-10H2,1H3,(H,30,38)(H,32,33)/t13-,14+/m1/s1. The Morgan fingerprint density at radius 2 is 2.03 bits per heavy atom.